The zero-order chi connectivity index (χ0) is 18.1. The van der Waals surface area contributed by atoms with Gasteiger partial charge in [0.15, 0.2) is 0 Å². The highest BCUT2D eigenvalue weighted by Gasteiger charge is 2.32. The van der Waals surface area contributed by atoms with Gasteiger partial charge in [-0.25, -0.2) is 9.97 Å². The summed E-state index contributed by atoms with van der Waals surface area (Å²) in [5.74, 6) is 1.72. The van der Waals surface area contributed by atoms with Crippen LogP contribution in [0.25, 0.3) is 5.57 Å². The molecule has 1 aromatic carbocycles. The van der Waals surface area contributed by atoms with Gasteiger partial charge in [-0.3, -0.25) is 4.90 Å². The summed E-state index contributed by atoms with van der Waals surface area (Å²) in [7, 11) is 0. The molecule has 2 heterocycles. The van der Waals surface area contributed by atoms with Gasteiger partial charge < -0.3 is 10.8 Å². The van der Waals surface area contributed by atoms with Gasteiger partial charge in [0.05, 0.1) is 11.8 Å². The van der Waals surface area contributed by atoms with Crippen LogP contribution in [0.3, 0.4) is 0 Å². The monoisotopic (exact) mass is 388 g/mol. The SMILES string of the molecule is Nc1ncnc2c1CC=C2CN1CC(O)[C@@H](CSc2ccc(Cl)cc2)C1. The molecular formula is C19H21ClN4OS. The summed E-state index contributed by atoms with van der Waals surface area (Å²) in [6.07, 6.45) is 4.20. The minimum Gasteiger partial charge on any atom is -0.391 e. The maximum Gasteiger partial charge on any atom is 0.130 e. The molecular weight excluding hydrogens is 368 g/mol. The van der Waals surface area contributed by atoms with Crippen LogP contribution >= 0.6 is 23.4 Å². The van der Waals surface area contributed by atoms with E-state index in [2.05, 4.69) is 20.9 Å². The Hall–Kier alpha value is -1.60. The number of nitrogens with two attached hydrogens (primary N) is 1. The van der Waals surface area contributed by atoms with E-state index in [0.717, 1.165) is 41.5 Å². The Bertz CT molecular complexity index is 827. The number of aliphatic hydroxyl groups is 1. The third kappa shape index (κ3) is 3.74. The molecule has 0 saturated carbocycles. The number of aromatic nitrogens is 2. The van der Waals surface area contributed by atoms with E-state index in [-0.39, 0.29) is 12.0 Å². The van der Waals surface area contributed by atoms with Crippen molar-refractivity contribution in [3.63, 3.8) is 0 Å². The maximum absolute atomic E-state index is 10.5. The number of aliphatic hydroxyl groups excluding tert-OH is 1. The van der Waals surface area contributed by atoms with Crippen LogP contribution in [0.2, 0.25) is 5.02 Å². The fraction of sp³-hybridized carbons (Fsp3) is 0.368. The molecule has 0 bridgehead atoms. The average molecular weight is 389 g/mol. The summed E-state index contributed by atoms with van der Waals surface area (Å²) in [6.45, 7) is 2.37. The number of benzene rings is 1. The van der Waals surface area contributed by atoms with Crippen molar-refractivity contribution in [2.75, 3.05) is 31.1 Å². The molecule has 1 fully saturated rings. The van der Waals surface area contributed by atoms with E-state index in [9.17, 15) is 5.11 Å². The number of likely N-dealkylation sites (tertiary alicyclic amines) is 1. The molecule has 1 unspecified atom stereocenters. The lowest BCUT2D eigenvalue weighted by atomic mass is 10.1. The average Bonchev–Trinajstić information content (AvgIpc) is 3.19. The minimum absolute atomic E-state index is 0.257. The highest BCUT2D eigenvalue weighted by Crippen LogP contribution is 2.32. The normalized spacial score (nSPS) is 22.5. The van der Waals surface area contributed by atoms with Gasteiger partial charge in [-0.2, -0.15) is 0 Å². The molecule has 2 aliphatic rings. The zero-order valence-corrected chi connectivity index (χ0v) is 15.9. The molecule has 1 saturated heterocycles. The van der Waals surface area contributed by atoms with Gasteiger partial charge in [-0.05, 0) is 36.3 Å². The van der Waals surface area contributed by atoms with Crippen LogP contribution in [-0.4, -0.2) is 51.5 Å². The Morgan fingerprint density at radius 2 is 2.04 bits per heavy atom. The first-order chi connectivity index (χ1) is 12.6. The Labute approximate surface area is 162 Å². The first-order valence-corrected chi connectivity index (χ1v) is 10.0. The molecule has 0 spiro atoms. The molecule has 1 aromatic heterocycles. The first-order valence-electron chi connectivity index (χ1n) is 8.67. The lowest BCUT2D eigenvalue weighted by Crippen LogP contribution is -2.24. The van der Waals surface area contributed by atoms with Gasteiger partial charge in [0.25, 0.3) is 0 Å². The summed E-state index contributed by atoms with van der Waals surface area (Å²) in [5.41, 5.74) is 9.12. The Kier molecular flexibility index (Phi) is 5.18. The van der Waals surface area contributed by atoms with Crippen molar-refractivity contribution in [3.05, 3.63) is 52.9 Å². The van der Waals surface area contributed by atoms with Crippen LogP contribution in [0, 0.1) is 5.92 Å². The maximum atomic E-state index is 10.5. The van der Waals surface area contributed by atoms with E-state index in [1.807, 2.05) is 24.3 Å². The smallest absolute Gasteiger partial charge is 0.130 e. The Balaban J connectivity index is 1.35. The van der Waals surface area contributed by atoms with Gasteiger partial charge >= 0.3 is 0 Å². The molecule has 5 nitrogen and oxygen atoms in total. The van der Waals surface area contributed by atoms with Crippen LogP contribution in [-0.2, 0) is 6.42 Å². The predicted octanol–water partition coefficient (Wildman–Crippen LogP) is 2.74. The van der Waals surface area contributed by atoms with Crippen molar-refractivity contribution in [1.82, 2.24) is 14.9 Å². The second kappa shape index (κ2) is 7.56. The predicted molar refractivity (Wildman–Crippen MR) is 106 cm³/mol. The van der Waals surface area contributed by atoms with E-state index in [1.165, 1.54) is 16.8 Å². The van der Waals surface area contributed by atoms with Crippen LogP contribution in [0.4, 0.5) is 5.82 Å². The molecule has 4 rings (SSSR count). The van der Waals surface area contributed by atoms with Gasteiger partial charge in [-0.1, -0.05) is 17.7 Å². The molecule has 2 aromatic rings. The summed E-state index contributed by atoms with van der Waals surface area (Å²) >= 11 is 7.70. The molecule has 1 aliphatic heterocycles. The fourth-order valence-electron chi connectivity index (χ4n) is 3.57. The molecule has 7 heteroatoms. The van der Waals surface area contributed by atoms with Crippen molar-refractivity contribution >= 4 is 34.8 Å². The van der Waals surface area contributed by atoms with Crippen molar-refractivity contribution in [3.8, 4) is 0 Å². The third-order valence-electron chi connectivity index (χ3n) is 4.99. The second-order valence-electron chi connectivity index (χ2n) is 6.81. The van der Waals surface area contributed by atoms with Crippen molar-refractivity contribution in [2.45, 2.75) is 17.4 Å². The summed E-state index contributed by atoms with van der Waals surface area (Å²) in [4.78, 5) is 12.0. The molecule has 0 radical (unpaired) electrons. The summed E-state index contributed by atoms with van der Waals surface area (Å²) in [6, 6.07) is 7.85. The number of β-amino-alcohol motifs (C(OH)–C–C–N with tert-alkyl or cyclic N) is 1. The van der Waals surface area contributed by atoms with Crippen LogP contribution in [0.15, 0.2) is 41.6 Å². The number of anilines is 1. The largest absolute Gasteiger partial charge is 0.391 e. The molecule has 26 heavy (non-hydrogen) atoms. The number of fused-ring (bicyclic) bond motifs is 1. The number of rotatable bonds is 5. The highest BCUT2D eigenvalue weighted by atomic mass is 35.5. The Morgan fingerprint density at radius 1 is 1.23 bits per heavy atom. The first kappa shape index (κ1) is 17.8. The highest BCUT2D eigenvalue weighted by molar-refractivity contribution is 7.99. The van der Waals surface area contributed by atoms with Gasteiger partial charge in [-0.15, -0.1) is 11.8 Å². The lowest BCUT2D eigenvalue weighted by molar-refractivity contribution is 0.151. The van der Waals surface area contributed by atoms with Crippen molar-refractivity contribution in [2.24, 2.45) is 5.92 Å². The van der Waals surface area contributed by atoms with Crippen molar-refractivity contribution in [1.29, 1.82) is 0 Å². The summed E-state index contributed by atoms with van der Waals surface area (Å²) < 4.78 is 0. The number of allylic oxidation sites excluding steroid dienone is 1. The number of hydrogen-bond donors (Lipinski definition) is 2. The van der Waals surface area contributed by atoms with E-state index < -0.39 is 0 Å². The molecule has 0 amide bonds. The topological polar surface area (TPSA) is 75.3 Å². The quantitative estimate of drug-likeness (QED) is 0.767. The van der Waals surface area contributed by atoms with Gasteiger partial charge in [0.1, 0.15) is 12.1 Å². The van der Waals surface area contributed by atoms with E-state index >= 15 is 0 Å². The number of hydrogen-bond acceptors (Lipinski definition) is 6. The number of nitrogen functional groups attached to an aromatic ring is 1. The number of halogens is 1. The van der Waals surface area contributed by atoms with E-state index in [1.54, 1.807) is 11.8 Å². The van der Waals surface area contributed by atoms with Crippen molar-refractivity contribution < 1.29 is 5.11 Å². The van der Waals surface area contributed by atoms with E-state index in [4.69, 9.17) is 17.3 Å². The van der Waals surface area contributed by atoms with Crippen LogP contribution in [0.1, 0.15) is 11.3 Å². The summed E-state index contributed by atoms with van der Waals surface area (Å²) in [5, 5.41) is 11.2. The zero-order valence-electron chi connectivity index (χ0n) is 14.3. The molecule has 2 atom stereocenters. The number of nitrogens with zero attached hydrogens (tertiary/aromatic N) is 3. The van der Waals surface area contributed by atoms with Gasteiger partial charge in [0, 0.05) is 46.8 Å². The molecule has 3 N–H and O–H groups in total. The fourth-order valence-corrected chi connectivity index (χ4v) is 4.76. The van der Waals surface area contributed by atoms with Gasteiger partial charge in [0.2, 0.25) is 0 Å². The second-order valence-corrected chi connectivity index (χ2v) is 8.34. The van der Waals surface area contributed by atoms with E-state index in [0.29, 0.717) is 12.4 Å². The van der Waals surface area contributed by atoms with Crippen LogP contribution in [0.5, 0.6) is 0 Å². The Morgan fingerprint density at radius 3 is 2.85 bits per heavy atom. The van der Waals surface area contributed by atoms with Crippen LogP contribution < -0.4 is 5.73 Å². The standard InChI is InChI=1S/C19H21ClN4OS/c20-14-2-4-15(5-3-14)26-10-13-8-24(9-17(13)25)7-12-1-6-16-18(12)22-11-23-19(16)21/h1-5,11,13,17,25H,6-10H2,(H2,21,22,23)/t13-,17?/m1/s1. The molecule has 136 valence electrons. The minimum atomic E-state index is -0.299. The third-order valence-corrected chi connectivity index (χ3v) is 6.44. The molecule has 1 aliphatic carbocycles. The lowest BCUT2D eigenvalue weighted by Gasteiger charge is -2.16. The number of thioether (sulfide) groups is 1.